The Morgan fingerprint density at radius 1 is 1.15 bits per heavy atom. The summed E-state index contributed by atoms with van der Waals surface area (Å²) in [5.74, 6) is -2.80. The van der Waals surface area contributed by atoms with Crippen molar-refractivity contribution in [3.8, 4) is 5.88 Å². The second-order valence-corrected chi connectivity index (χ2v) is 6.76. The van der Waals surface area contributed by atoms with Gasteiger partial charge in [-0.2, -0.15) is 0 Å². The smallest absolute Gasteiger partial charge is 0.344 e. The summed E-state index contributed by atoms with van der Waals surface area (Å²) in [6.45, 7) is 9.48. The first-order valence-electron chi connectivity index (χ1n) is 9.14. The Bertz CT molecular complexity index is 706. The topological polar surface area (TPSA) is 117 Å². The normalized spacial score (nSPS) is 13.4. The number of esters is 2. The van der Waals surface area contributed by atoms with E-state index in [4.69, 9.17) is 20.1 Å². The highest BCUT2D eigenvalue weighted by Gasteiger charge is 2.52. The molecule has 27 heavy (non-hydrogen) atoms. The molecule has 0 aromatic carbocycles. The number of nitrogens with one attached hydrogen (secondary N) is 1. The van der Waals surface area contributed by atoms with Crippen molar-refractivity contribution in [2.24, 2.45) is 0 Å². The van der Waals surface area contributed by atoms with Gasteiger partial charge in [-0.3, -0.25) is 4.79 Å². The van der Waals surface area contributed by atoms with Crippen LogP contribution in [0.1, 0.15) is 54.2 Å². The third kappa shape index (κ3) is 4.99. The molecule has 9 heteroatoms. The lowest BCUT2D eigenvalue weighted by atomic mass is 9.84. The van der Waals surface area contributed by atoms with Gasteiger partial charge in [0, 0.05) is 20.1 Å². The lowest BCUT2D eigenvalue weighted by molar-refractivity contribution is -0.168. The first-order chi connectivity index (χ1) is 13.0. The minimum Gasteiger partial charge on any atom is -0.479 e. The van der Waals surface area contributed by atoms with Crippen molar-refractivity contribution in [1.29, 1.82) is 0 Å². The average molecular weight is 386 g/mol. The highest BCUT2D eigenvalue weighted by molar-refractivity contribution is 6.08. The number of hydrogen-bond acceptors (Lipinski definition) is 8. The van der Waals surface area contributed by atoms with Gasteiger partial charge in [-0.1, -0.05) is 20.8 Å². The van der Waals surface area contributed by atoms with E-state index in [0.717, 1.165) is 6.92 Å². The number of hydrogen-bond donors (Lipinski definition) is 1. The second kappa shape index (κ2) is 8.88. The molecule has 0 fully saturated rings. The summed E-state index contributed by atoms with van der Waals surface area (Å²) < 4.78 is 29.4. The summed E-state index contributed by atoms with van der Waals surface area (Å²) in [7, 11) is 1.31. The molecule has 1 N–H and O–H groups in total. The van der Waals surface area contributed by atoms with E-state index in [1.165, 1.54) is 7.11 Å². The van der Waals surface area contributed by atoms with Crippen LogP contribution in [0.4, 0.5) is 0 Å². The molecule has 1 atom stereocenters. The van der Waals surface area contributed by atoms with Crippen LogP contribution in [-0.2, 0) is 35.7 Å². The van der Waals surface area contributed by atoms with Gasteiger partial charge in [-0.25, -0.2) is 9.59 Å². The molecular weight excluding hydrogens is 356 g/mol. The Morgan fingerprint density at radius 2 is 1.67 bits per heavy atom. The van der Waals surface area contributed by atoms with Gasteiger partial charge in [-0.05, 0) is 19.0 Å². The lowest BCUT2D eigenvalue weighted by Crippen LogP contribution is -2.62. The standard InChI is InChI=1S/C18H28N2O7/c1-8-25-15(22)18(19-11(3)21,16(23)26-9-2)10-12-13(17(4,5)6)27-20-14(12)24-7/h8-10H2,1-7H3,(H,19,21)/i10T/t10-/m0/s1. The van der Waals surface area contributed by atoms with Crippen LogP contribution in [0, 0.1) is 0 Å². The molecule has 1 rings (SSSR count). The third-order valence-corrected chi connectivity index (χ3v) is 3.50. The molecular formula is C18H28N2O7. The average Bonchev–Trinajstić information content (AvgIpc) is 3.03. The molecule has 0 saturated heterocycles. The Kier molecular flexibility index (Phi) is 6.81. The number of methoxy groups -OCH3 is 1. The number of aromatic nitrogens is 1. The van der Waals surface area contributed by atoms with E-state index in [-0.39, 0.29) is 30.4 Å². The first kappa shape index (κ1) is 20.7. The Morgan fingerprint density at radius 3 is 2.04 bits per heavy atom. The van der Waals surface area contributed by atoms with Crippen molar-refractivity contribution in [1.82, 2.24) is 10.5 Å². The van der Waals surface area contributed by atoms with Crippen molar-refractivity contribution in [3.63, 3.8) is 0 Å². The monoisotopic (exact) mass is 386 g/mol. The summed E-state index contributed by atoms with van der Waals surface area (Å²) in [5.41, 5.74) is -3.05. The number of amides is 1. The van der Waals surface area contributed by atoms with Gasteiger partial charge in [0.15, 0.2) is 0 Å². The number of carbonyl (C=O) groups excluding carboxylic acids is 3. The summed E-state index contributed by atoms with van der Waals surface area (Å²) in [6.07, 6.45) is -1.70. The Labute approximate surface area is 160 Å². The maximum atomic E-state index is 12.9. The van der Waals surface area contributed by atoms with Gasteiger partial charge >= 0.3 is 11.9 Å². The van der Waals surface area contributed by atoms with Gasteiger partial charge < -0.3 is 24.1 Å². The number of nitrogens with zero attached hydrogens (tertiary/aromatic N) is 1. The molecule has 1 aromatic rings. The van der Waals surface area contributed by atoms with E-state index in [9.17, 15) is 14.4 Å². The van der Waals surface area contributed by atoms with E-state index in [2.05, 4.69) is 10.5 Å². The van der Waals surface area contributed by atoms with Crippen molar-refractivity contribution in [3.05, 3.63) is 11.3 Å². The summed E-state index contributed by atoms with van der Waals surface area (Å²) in [5, 5.41) is 6.07. The minimum absolute atomic E-state index is 0.0462. The van der Waals surface area contributed by atoms with E-state index >= 15 is 0 Å². The molecule has 0 saturated carbocycles. The van der Waals surface area contributed by atoms with Crippen molar-refractivity contribution in [2.75, 3.05) is 20.3 Å². The highest BCUT2D eigenvalue weighted by atomic mass is 16.6. The van der Waals surface area contributed by atoms with Gasteiger partial charge in [0.1, 0.15) is 5.76 Å². The van der Waals surface area contributed by atoms with Crippen LogP contribution in [0.2, 0.25) is 0 Å². The van der Waals surface area contributed by atoms with Crippen LogP contribution in [-0.4, -0.2) is 48.9 Å². The summed E-state index contributed by atoms with van der Waals surface area (Å²) in [4.78, 5) is 37.6. The third-order valence-electron chi connectivity index (χ3n) is 3.50. The van der Waals surface area contributed by atoms with E-state index in [0.29, 0.717) is 0 Å². The number of ether oxygens (including phenoxy) is 3. The van der Waals surface area contributed by atoms with Crippen LogP contribution in [0.5, 0.6) is 5.88 Å². The zero-order valence-corrected chi connectivity index (χ0v) is 16.8. The fraction of sp³-hybridized carbons (Fsp3) is 0.667. The highest BCUT2D eigenvalue weighted by Crippen LogP contribution is 2.35. The largest absolute Gasteiger partial charge is 0.479 e. The number of carbonyl (C=O) groups is 3. The first-order valence-corrected chi connectivity index (χ1v) is 8.56. The minimum atomic E-state index is -2.46. The van der Waals surface area contributed by atoms with Gasteiger partial charge in [0.25, 0.3) is 5.88 Å². The molecule has 0 unspecified atom stereocenters. The predicted molar refractivity (Wildman–Crippen MR) is 95.3 cm³/mol. The lowest BCUT2D eigenvalue weighted by Gasteiger charge is -2.30. The van der Waals surface area contributed by atoms with E-state index < -0.39 is 35.2 Å². The Hall–Kier alpha value is -2.58. The molecule has 0 spiro atoms. The zero-order chi connectivity index (χ0) is 21.7. The molecule has 9 nitrogen and oxygen atoms in total. The molecule has 1 heterocycles. The maximum Gasteiger partial charge on any atom is 0.344 e. The van der Waals surface area contributed by atoms with E-state index in [1.54, 1.807) is 34.6 Å². The molecule has 0 bridgehead atoms. The van der Waals surface area contributed by atoms with Gasteiger partial charge in [0.2, 0.25) is 11.4 Å². The fourth-order valence-corrected chi connectivity index (χ4v) is 2.42. The van der Waals surface area contributed by atoms with Gasteiger partial charge in [0.05, 0.1) is 25.9 Å². The van der Waals surface area contributed by atoms with Crippen LogP contribution in [0.15, 0.2) is 4.52 Å². The van der Waals surface area contributed by atoms with Crippen LogP contribution >= 0.6 is 0 Å². The maximum absolute atomic E-state index is 12.9. The molecule has 1 aromatic heterocycles. The molecule has 1 amide bonds. The molecule has 0 aliphatic heterocycles. The van der Waals surface area contributed by atoms with Crippen molar-refractivity contribution < 1.29 is 34.5 Å². The molecule has 0 aliphatic rings. The SMILES string of the molecule is [3H][C@@H](c1c(OC)noc1C(C)(C)C)C(NC(C)=O)(C(=O)OCC)C(=O)OCC. The van der Waals surface area contributed by atoms with Crippen LogP contribution in [0.25, 0.3) is 0 Å². The van der Waals surface area contributed by atoms with E-state index in [1.807, 2.05) is 0 Å². The van der Waals surface area contributed by atoms with Gasteiger partial charge in [-0.15, -0.1) is 0 Å². The predicted octanol–water partition coefficient (Wildman–Crippen LogP) is 1.52. The van der Waals surface area contributed by atoms with Crippen molar-refractivity contribution in [2.45, 2.75) is 58.9 Å². The quantitative estimate of drug-likeness (QED) is 0.528. The second-order valence-electron chi connectivity index (χ2n) is 6.76. The summed E-state index contributed by atoms with van der Waals surface area (Å²) in [6, 6.07) is 0. The summed E-state index contributed by atoms with van der Waals surface area (Å²) >= 11 is 0. The zero-order valence-electron chi connectivity index (χ0n) is 17.8. The molecule has 0 radical (unpaired) electrons. The van der Waals surface area contributed by atoms with Crippen LogP contribution in [0.3, 0.4) is 0 Å². The van der Waals surface area contributed by atoms with Crippen LogP contribution < -0.4 is 10.1 Å². The Balaban J connectivity index is 3.78. The molecule has 0 aliphatic carbocycles. The fourth-order valence-electron chi connectivity index (χ4n) is 2.42. The van der Waals surface area contributed by atoms with Crippen molar-refractivity contribution >= 4 is 17.8 Å². The molecule has 152 valence electrons. The number of rotatable bonds is 8.